The van der Waals surface area contributed by atoms with Crippen molar-refractivity contribution in [3.05, 3.63) is 39.9 Å². The Morgan fingerprint density at radius 2 is 2.26 bits per heavy atom. The molecule has 0 saturated carbocycles. The van der Waals surface area contributed by atoms with Crippen molar-refractivity contribution < 1.29 is 4.39 Å². The summed E-state index contributed by atoms with van der Waals surface area (Å²) in [6.07, 6.45) is 0. The second-order valence-electron chi connectivity index (χ2n) is 4.59. The lowest BCUT2D eigenvalue weighted by Gasteiger charge is -2.15. The molecule has 5 heteroatoms. The van der Waals surface area contributed by atoms with Gasteiger partial charge in [0.05, 0.1) is 17.1 Å². The van der Waals surface area contributed by atoms with Crippen LogP contribution in [0, 0.1) is 5.82 Å². The van der Waals surface area contributed by atoms with E-state index in [4.69, 9.17) is 0 Å². The number of fused-ring (bicyclic) bond motifs is 2. The van der Waals surface area contributed by atoms with E-state index in [0.717, 1.165) is 33.2 Å². The van der Waals surface area contributed by atoms with Crippen LogP contribution in [0.25, 0.3) is 15.8 Å². The summed E-state index contributed by atoms with van der Waals surface area (Å²) in [7, 11) is 0. The molecule has 0 N–H and O–H groups in total. The zero-order valence-corrected chi connectivity index (χ0v) is 11.9. The lowest BCUT2D eigenvalue weighted by molar-refractivity contribution is 0.639. The quantitative estimate of drug-likeness (QED) is 0.784. The standard InChI is InChI=1S/C14H11FN2S2/c1-8-13(17-6-5-16-14(17)18-8)12-7-9-10(15)3-2-4-11(9)19-12/h2-4,7H,5-6H2,1H3. The highest BCUT2D eigenvalue weighted by atomic mass is 32.2. The fraction of sp³-hybridized carbons (Fsp3) is 0.214. The summed E-state index contributed by atoms with van der Waals surface area (Å²) in [5.41, 5.74) is 1.21. The third kappa shape index (κ3) is 1.65. The first-order valence-corrected chi connectivity index (χ1v) is 7.76. The molecule has 2 aliphatic rings. The van der Waals surface area contributed by atoms with E-state index in [0.29, 0.717) is 0 Å². The van der Waals surface area contributed by atoms with Crippen molar-refractivity contribution in [1.82, 2.24) is 4.90 Å². The summed E-state index contributed by atoms with van der Waals surface area (Å²) in [6, 6.07) is 7.23. The molecule has 0 unspecified atom stereocenters. The fourth-order valence-electron chi connectivity index (χ4n) is 2.55. The molecule has 0 spiro atoms. The summed E-state index contributed by atoms with van der Waals surface area (Å²) < 4.78 is 14.8. The Labute approximate surface area is 118 Å². The molecule has 2 aromatic rings. The molecule has 4 rings (SSSR count). The molecule has 3 heterocycles. The zero-order valence-electron chi connectivity index (χ0n) is 10.3. The number of benzene rings is 1. The minimum absolute atomic E-state index is 0.140. The average Bonchev–Trinajstić information content (AvgIpc) is 3.02. The first-order chi connectivity index (χ1) is 9.24. The molecule has 0 amide bonds. The highest BCUT2D eigenvalue weighted by molar-refractivity contribution is 8.17. The normalized spacial score (nSPS) is 18.4. The smallest absolute Gasteiger partial charge is 0.168 e. The van der Waals surface area contributed by atoms with Gasteiger partial charge in [-0.05, 0) is 25.1 Å². The Hall–Kier alpha value is -1.33. The van der Waals surface area contributed by atoms with Crippen LogP contribution in [-0.2, 0) is 0 Å². The summed E-state index contributed by atoms with van der Waals surface area (Å²) >= 11 is 3.38. The SMILES string of the molecule is CC1=C(c2cc3c(F)cccc3s2)N2CCN=C2S1. The van der Waals surface area contributed by atoms with Crippen LogP contribution in [-0.4, -0.2) is 23.2 Å². The molecule has 0 atom stereocenters. The number of halogens is 1. The average molecular weight is 290 g/mol. The third-order valence-corrected chi connectivity index (χ3v) is 5.53. The molecule has 2 nitrogen and oxygen atoms in total. The third-order valence-electron chi connectivity index (χ3n) is 3.39. The van der Waals surface area contributed by atoms with Gasteiger partial charge in [0.15, 0.2) is 5.17 Å². The van der Waals surface area contributed by atoms with Gasteiger partial charge in [-0.3, -0.25) is 4.99 Å². The van der Waals surface area contributed by atoms with Gasteiger partial charge in [-0.15, -0.1) is 11.3 Å². The van der Waals surface area contributed by atoms with Gasteiger partial charge >= 0.3 is 0 Å². The Kier molecular flexibility index (Phi) is 2.47. The molecule has 0 saturated heterocycles. The number of nitrogens with zero attached hydrogens (tertiary/aromatic N) is 2. The van der Waals surface area contributed by atoms with Crippen molar-refractivity contribution in [3.8, 4) is 0 Å². The molecule has 96 valence electrons. The summed E-state index contributed by atoms with van der Waals surface area (Å²) in [5, 5.41) is 1.81. The van der Waals surface area contributed by atoms with E-state index in [1.54, 1.807) is 29.2 Å². The van der Waals surface area contributed by atoms with Gasteiger partial charge in [-0.25, -0.2) is 4.39 Å². The van der Waals surface area contributed by atoms with E-state index in [1.165, 1.54) is 16.7 Å². The number of hydrogen-bond donors (Lipinski definition) is 0. The molecule has 0 radical (unpaired) electrons. The number of hydrogen-bond acceptors (Lipinski definition) is 4. The number of thioether (sulfide) groups is 1. The van der Waals surface area contributed by atoms with E-state index >= 15 is 0 Å². The van der Waals surface area contributed by atoms with Gasteiger partial charge in [0.25, 0.3) is 0 Å². The molecule has 19 heavy (non-hydrogen) atoms. The minimum atomic E-state index is -0.140. The number of allylic oxidation sites excluding steroid dienone is 1. The highest BCUT2D eigenvalue weighted by Gasteiger charge is 2.31. The van der Waals surface area contributed by atoms with Gasteiger partial charge in [0.2, 0.25) is 0 Å². The van der Waals surface area contributed by atoms with Crippen LogP contribution in [0.15, 0.2) is 34.2 Å². The minimum Gasteiger partial charge on any atom is -0.317 e. The number of rotatable bonds is 1. The maximum atomic E-state index is 13.8. The molecule has 2 aliphatic heterocycles. The van der Waals surface area contributed by atoms with Crippen molar-refractivity contribution in [1.29, 1.82) is 0 Å². The van der Waals surface area contributed by atoms with Gasteiger partial charge in [0, 0.05) is 21.5 Å². The van der Waals surface area contributed by atoms with E-state index < -0.39 is 0 Å². The topological polar surface area (TPSA) is 15.6 Å². The number of aliphatic imine (C=N–C) groups is 1. The molecule has 0 fully saturated rings. The number of amidine groups is 1. The van der Waals surface area contributed by atoms with Crippen molar-refractivity contribution in [2.45, 2.75) is 6.92 Å². The molecule has 0 bridgehead atoms. The Morgan fingerprint density at radius 1 is 1.37 bits per heavy atom. The molecule has 1 aromatic carbocycles. The first kappa shape index (κ1) is 11.5. The van der Waals surface area contributed by atoms with Gasteiger partial charge in [0.1, 0.15) is 5.82 Å². The van der Waals surface area contributed by atoms with Gasteiger partial charge < -0.3 is 4.90 Å². The van der Waals surface area contributed by atoms with Crippen LogP contribution in [0.3, 0.4) is 0 Å². The van der Waals surface area contributed by atoms with Crippen molar-refractivity contribution in [2.75, 3.05) is 13.1 Å². The van der Waals surface area contributed by atoms with E-state index in [-0.39, 0.29) is 5.82 Å². The summed E-state index contributed by atoms with van der Waals surface area (Å²) in [6.45, 7) is 3.91. The van der Waals surface area contributed by atoms with Crippen molar-refractivity contribution in [3.63, 3.8) is 0 Å². The lowest BCUT2D eigenvalue weighted by atomic mass is 10.2. The predicted molar refractivity (Wildman–Crippen MR) is 81.0 cm³/mol. The van der Waals surface area contributed by atoms with Gasteiger partial charge in [-0.2, -0.15) is 0 Å². The Morgan fingerprint density at radius 3 is 3.11 bits per heavy atom. The summed E-state index contributed by atoms with van der Waals surface area (Å²) in [4.78, 5) is 9.13. The lowest BCUT2D eigenvalue weighted by Crippen LogP contribution is -2.19. The summed E-state index contributed by atoms with van der Waals surface area (Å²) in [5.74, 6) is -0.140. The van der Waals surface area contributed by atoms with Crippen molar-refractivity contribution in [2.24, 2.45) is 4.99 Å². The van der Waals surface area contributed by atoms with Crippen LogP contribution in [0.1, 0.15) is 11.8 Å². The fourth-order valence-corrected chi connectivity index (χ4v) is 4.84. The molecule has 1 aromatic heterocycles. The Bertz CT molecular complexity index is 745. The highest BCUT2D eigenvalue weighted by Crippen LogP contribution is 2.44. The molecule has 0 aliphatic carbocycles. The number of thiophene rings is 1. The van der Waals surface area contributed by atoms with Crippen LogP contribution < -0.4 is 0 Å². The van der Waals surface area contributed by atoms with Gasteiger partial charge in [-0.1, -0.05) is 17.8 Å². The predicted octanol–water partition coefficient (Wildman–Crippen LogP) is 4.15. The molecular formula is C14H11FN2S2. The van der Waals surface area contributed by atoms with E-state index in [1.807, 2.05) is 12.1 Å². The van der Waals surface area contributed by atoms with Crippen LogP contribution in [0.4, 0.5) is 4.39 Å². The molecular weight excluding hydrogens is 279 g/mol. The zero-order chi connectivity index (χ0) is 13.0. The van der Waals surface area contributed by atoms with E-state index in [9.17, 15) is 4.39 Å². The monoisotopic (exact) mass is 290 g/mol. The second kappa shape index (κ2) is 4.08. The first-order valence-electron chi connectivity index (χ1n) is 6.13. The second-order valence-corrected chi connectivity index (χ2v) is 6.85. The Balaban J connectivity index is 1.89. The largest absolute Gasteiger partial charge is 0.317 e. The maximum absolute atomic E-state index is 13.8. The van der Waals surface area contributed by atoms with E-state index in [2.05, 4.69) is 16.8 Å². The maximum Gasteiger partial charge on any atom is 0.168 e. The van der Waals surface area contributed by atoms with Crippen LogP contribution >= 0.6 is 23.1 Å². The van der Waals surface area contributed by atoms with Crippen molar-refractivity contribution >= 4 is 44.0 Å². The van der Waals surface area contributed by atoms with Crippen LogP contribution in [0.2, 0.25) is 0 Å². The van der Waals surface area contributed by atoms with Crippen LogP contribution in [0.5, 0.6) is 0 Å².